The molecule has 0 saturated carbocycles. The number of unbranched alkanes of at least 4 members (excludes halogenated alkanes) is 4. The SMILES string of the molecule is [CH2-]CCCCC[CH2-].[Li+].[Li+]. The molecule has 0 nitrogen and oxygen atoms in total. The van der Waals surface area contributed by atoms with Crippen molar-refractivity contribution in [2.75, 3.05) is 0 Å². The van der Waals surface area contributed by atoms with Gasteiger partial charge in [0.15, 0.2) is 0 Å². The summed E-state index contributed by atoms with van der Waals surface area (Å²) in [6, 6.07) is 0. The normalized spacial score (nSPS) is 7.33. The zero-order valence-corrected chi connectivity index (χ0v) is 6.95. The van der Waals surface area contributed by atoms with Gasteiger partial charge in [-0.15, -0.1) is 0 Å². The van der Waals surface area contributed by atoms with Gasteiger partial charge in [0.1, 0.15) is 0 Å². The van der Waals surface area contributed by atoms with Gasteiger partial charge >= 0.3 is 37.7 Å². The summed E-state index contributed by atoms with van der Waals surface area (Å²) in [7, 11) is 0. The molecule has 0 aromatic heterocycles. The summed E-state index contributed by atoms with van der Waals surface area (Å²) in [6.07, 6.45) is 6.03. The topological polar surface area (TPSA) is 0 Å². The van der Waals surface area contributed by atoms with E-state index in [4.69, 9.17) is 0 Å². The largest absolute Gasteiger partial charge is 1.00 e. The third-order valence-corrected chi connectivity index (χ3v) is 1.000. The molecule has 0 heterocycles. The van der Waals surface area contributed by atoms with Crippen molar-refractivity contribution in [1.82, 2.24) is 0 Å². The maximum Gasteiger partial charge on any atom is 1.00 e. The van der Waals surface area contributed by atoms with Gasteiger partial charge < -0.3 is 13.8 Å². The van der Waals surface area contributed by atoms with Crippen LogP contribution in [0.15, 0.2) is 0 Å². The first-order valence-electron chi connectivity index (χ1n) is 3.00. The van der Waals surface area contributed by atoms with Gasteiger partial charge in [0, 0.05) is 0 Å². The summed E-state index contributed by atoms with van der Waals surface area (Å²) in [4.78, 5) is 0. The van der Waals surface area contributed by atoms with Gasteiger partial charge in [-0.25, -0.2) is 0 Å². The van der Waals surface area contributed by atoms with Crippen LogP contribution in [0, 0.1) is 13.8 Å². The smallest absolute Gasteiger partial charge is 0.343 e. The second kappa shape index (κ2) is 16.1. The van der Waals surface area contributed by atoms with E-state index in [1.54, 1.807) is 0 Å². The Labute approximate surface area is 83.5 Å². The van der Waals surface area contributed by atoms with Crippen molar-refractivity contribution < 1.29 is 37.7 Å². The van der Waals surface area contributed by atoms with Crippen molar-refractivity contribution in [1.29, 1.82) is 0 Å². The van der Waals surface area contributed by atoms with Crippen LogP contribution < -0.4 is 37.7 Å². The van der Waals surface area contributed by atoms with Crippen molar-refractivity contribution in [3.63, 3.8) is 0 Å². The first kappa shape index (κ1) is 16.7. The molecule has 0 rings (SSSR count). The Bertz CT molecular complexity index is 26.1. The van der Waals surface area contributed by atoms with Gasteiger partial charge in [0.05, 0.1) is 0 Å². The summed E-state index contributed by atoms with van der Waals surface area (Å²) in [6.45, 7) is 7.47. The summed E-state index contributed by atoms with van der Waals surface area (Å²) >= 11 is 0. The predicted molar refractivity (Wildman–Crippen MR) is 33.8 cm³/mol. The monoisotopic (exact) mass is 112 g/mol. The molecule has 0 unspecified atom stereocenters. The Balaban J connectivity index is -0.000000180. The zero-order valence-electron chi connectivity index (χ0n) is 6.95. The average Bonchev–Trinajstić information content (AvgIpc) is 1.69. The van der Waals surface area contributed by atoms with Gasteiger partial charge in [-0.3, -0.25) is 0 Å². The van der Waals surface area contributed by atoms with Crippen LogP contribution in [0.5, 0.6) is 0 Å². The van der Waals surface area contributed by atoms with Crippen molar-refractivity contribution in [3.8, 4) is 0 Å². The second-order valence-corrected chi connectivity index (χ2v) is 1.77. The van der Waals surface area contributed by atoms with Crippen LogP contribution in [-0.4, -0.2) is 0 Å². The number of hydrogen-bond donors (Lipinski definition) is 0. The molecule has 0 atom stereocenters. The van der Waals surface area contributed by atoms with E-state index in [2.05, 4.69) is 13.8 Å². The number of hydrogen-bond acceptors (Lipinski definition) is 0. The summed E-state index contributed by atoms with van der Waals surface area (Å²) in [5, 5.41) is 0. The minimum Gasteiger partial charge on any atom is -0.343 e. The van der Waals surface area contributed by atoms with Gasteiger partial charge in [0.25, 0.3) is 0 Å². The fourth-order valence-electron chi connectivity index (χ4n) is 0.530. The fraction of sp³-hybridized carbons (Fsp3) is 0.714. The van der Waals surface area contributed by atoms with Gasteiger partial charge in [-0.2, -0.15) is 12.8 Å². The molecule has 2 heteroatoms. The Morgan fingerprint density at radius 1 is 0.667 bits per heavy atom. The molecule has 44 valence electrons. The maximum atomic E-state index is 3.74. The molecule has 0 saturated heterocycles. The Hall–Kier alpha value is 1.19. The van der Waals surface area contributed by atoms with Gasteiger partial charge in [-0.1, -0.05) is 19.3 Å². The fourth-order valence-corrected chi connectivity index (χ4v) is 0.530. The minimum atomic E-state index is 0. The second-order valence-electron chi connectivity index (χ2n) is 1.77. The van der Waals surface area contributed by atoms with Gasteiger partial charge in [-0.05, 0) is 0 Å². The molecule has 0 aliphatic rings. The van der Waals surface area contributed by atoms with E-state index >= 15 is 0 Å². The molecule has 0 radical (unpaired) electrons. The quantitative estimate of drug-likeness (QED) is 0.202. The molecule has 0 amide bonds. The maximum absolute atomic E-state index is 3.74. The third-order valence-electron chi connectivity index (χ3n) is 1.000. The van der Waals surface area contributed by atoms with Crippen LogP contribution >= 0.6 is 0 Å². The molecule has 0 bridgehead atoms. The van der Waals surface area contributed by atoms with E-state index in [0.717, 1.165) is 12.8 Å². The van der Waals surface area contributed by atoms with E-state index in [0.29, 0.717) is 0 Å². The summed E-state index contributed by atoms with van der Waals surface area (Å²) in [5.74, 6) is 0. The molecule has 0 N–H and O–H groups in total. The first-order valence-corrected chi connectivity index (χ1v) is 3.00. The van der Waals surface area contributed by atoms with E-state index in [1.165, 1.54) is 19.3 Å². The number of rotatable bonds is 4. The van der Waals surface area contributed by atoms with E-state index in [9.17, 15) is 0 Å². The molecule has 0 aliphatic carbocycles. The van der Waals surface area contributed by atoms with Crippen molar-refractivity contribution >= 4 is 0 Å². The Morgan fingerprint density at radius 2 is 1.00 bits per heavy atom. The average molecular weight is 112 g/mol. The standard InChI is InChI=1S/C7H14.2Li/c1-3-5-7-6-4-2;;/h1-7H2;;/q-2;2*+1. The Morgan fingerprint density at radius 3 is 1.22 bits per heavy atom. The molecular formula is C7H14Li2. The molecule has 0 aromatic rings. The van der Waals surface area contributed by atoms with Crippen molar-refractivity contribution in [2.24, 2.45) is 0 Å². The molecule has 0 aliphatic heterocycles. The van der Waals surface area contributed by atoms with Crippen LogP contribution in [0.3, 0.4) is 0 Å². The minimum absolute atomic E-state index is 0. The molecular weight excluding hydrogens is 98.0 g/mol. The van der Waals surface area contributed by atoms with Crippen LogP contribution in [-0.2, 0) is 0 Å². The van der Waals surface area contributed by atoms with Gasteiger partial charge in [0.2, 0.25) is 0 Å². The molecule has 9 heavy (non-hydrogen) atoms. The molecule has 0 spiro atoms. The zero-order chi connectivity index (χ0) is 5.54. The van der Waals surface area contributed by atoms with E-state index < -0.39 is 0 Å². The van der Waals surface area contributed by atoms with Crippen LogP contribution in [0.1, 0.15) is 32.1 Å². The predicted octanol–water partition coefficient (Wildman–Crippen LogP) is -3.39. The first-order chi connectivity index (χ1) is 3.41. The molecule has 0 fully saturated rings. The summed E-state index contributed by atoms with van der Waals surface area (Å²) < 4.78 is 0. The van der Waals surface area contributed by atoms with E-state index in [1.807, 2.05) is 0 Å². The third kappa shape index (κ3) is 17.6. The van der Waals surface area contributed by atoms with Crippen LogP contribution in [0.4, 0.5) is 0 Å². The van der Waals surface area contributed by atoms with Crippen LogP contribution in [0.2, 0.25) is 0 Å². The van der Waals surface area contributed by atoms with Crippen LogP contribution in [0.25, 0.3) is 0 Å². The molecule has 0 aromatic carbocycles. The van der Waals surface area contributed by atoms with Crippen molar-refractivity contribution in [2.45, 2.75) is 32.1 Å². The van der Waals surface area contributed by atoms with Crippen molar-refractivity contribution in [3.05, 3.63) is 13.8 Å². The van der Waals surface area contributed by atoms with E-state index in [-0.39, 0.29) is 37.7 Å². The summed E-state index contributed by atoms with van der Waals surface area (Å²) in [5.41, 5.74) is 0. The Kier molecular flexibility index (Phi) is 29.8.